The van der Waals surface area contributed by atoms with Crippen LogP contribution in [-0.4, -0.2) is 200 Å². The Labute approximate surface area is 478 Å². The van der Waals surface area contributed by atoms with E-state index in [0.717, 1.165) is 27.7 Å². The van der Waals surface area contributed by atoms with Crippen molar-refractivity contribution in [2.24, 2.45) is 5.92 Å². The number of allylic oxidation sites excluding steroid dienone is 7. The van der Waals surface area contributed by atoms with E-state index < -0.39 is 44.1 Å². The lowest BCUT2D eigenvalue weighted by Gasteiger charge is -2.33. The summed E-state index contributed by atoms with van der Waals surface area (Å²) in [6.07, 6.45) is 7.94. The SMILES string of the molecule is C=C(/C=C\C=C\S(=O)(=O)NCCOCCOCCOCCNC(=O)C(O)C(O)C(=O)NCCOCCOCCOCCNS(=O)(=O)c1cccc(C2CN(C)Cc3c(Cl)cc(Cl)cc32)c1)C1/C=C/C(Cl)=C\C(Cl)=C\CN(C)C1. The molecule has 2 aliphatic heterocycles. The molecular formula is C52H72Cl4N6O14S2. The van der Waals surface area contributed by atoms with Crippen molar-refractivity contribution in [3.8, 4) is 0 Å². The molecule has 4 atom stereocenters. The first-order valence-corrected chi connectivity index (χ1v) is 29.6. The molecule has 0 fully saturated rings. The average Bonchev–Trinajstić information content (AvgIpc) is 3.43. The molecule has 0 spiro atoms. The predicted octanol–water partition coefficient (Wildman–Crippen LogP) is 3.81. The maximum absolute atomic E-state index is 13.1. The van der Waals surface area contributed by atoms with Crippen LogP contribution >= 0.6 is 46.4 Å². The molecule has 0 aromatic heterocycles. The molecule has 0 radical (unpaired) electrons. The highest BCUT2D eigenvalue weighted by Gasteiger charge is 2.30. The molecule has 78 heavy (non-hydrogen) atoms. The van der Waals surface area contributed by atoms with Gasteiger partial charge in [-0.05, 0) is 78.9 Å². The number of hydrogen-bond acceptors (Lipinski definition) is 16. The van der Waals surface area contributed by atoms with Gasteiger partial charge in [-0.25, -0.2) is 26.3 Å². The molecule has 2 aromatic carbocycles. The quantitative estimate of drug-likeness (QED) is 0.0424. The molecule has 2 aromatic rings. The van der Waals surface area contributed by atoms with Crippen LogP contribution in [0.5, 0.6) is 0 Å². The standard InChI is InChI=1S/C52H72Cl4N6O14S2/c1-38(40-10-11-41(53)32-42(54)12-17-61(2)35-40)7-4-5-30-77(67,68)59-15-20-73-24-28-75-26-22-71-18-13-57-51(65)49(63)50(64)52(66)58-14-19-72-23-27-76-29-25-74-21-16-60-78(69,70)44-9-6-8-39(31-44)46-36-62(3)37-47-45(46)33-43(55)34-48(47)56/h4-12,30-34,40,46,49-50,59-60,63-64H,1,13-29,35-37H2,2-3H3,(H,57,65)(H,58,66)/b7-4-,11-10+,30-5+,41-32+,42-12-. The topological polar surface area (TPSA) is 253 Å². The van der Waals surface area contributed by atoms with Gasteiger partial charge in [-0.2, -0.15) is 0 Å². The van der Waals surface area contributed by atoms with Crippen LogP contribution in [0.2, 0.25) is 10.0 Å². The normalized spacial score (nSPS) is 19.4. The highest BCUT2D eigenvalue weighted by molar-refractivity contribution is 7.92. The fourth-order valence-electron chi connectivity index (χ4n) is 7.59. The molecule has 2 amide bonds. The number of likely N-dealkylation sites (N-methyl/N-ethyl adjacent to an activating group) is 2. The van der Waals surface area contributed by atoms with Crippen LogP contribution in [0.25, 0.3) is 0 Å². The maximum Gasteiger partial charge on any atom is 0.252 e. The monoisotopic (exact) mass is 1210 g/mol. The number of carbonyl (C=O) groups is 2. The number of aliphatic hydroxyl groups excluding tert-OH is 2. The number of sulfonamides is 2. The molecule has 26 heteroatoms. The van der Waals surface area contributed by atoms with Crippen LogP contribution in [0.4, 0.5) is 0 Å². The number of fused-ring (bicyclic) bond motifs is 1. The van der Waals surface area contributed by atoms with Gasteiger partial charge >= 0.3 is 0 Å². The summed E-state index contributed by atoms with van der Waals surface area (Å²) < 4.78 is 88.5. The van der Waals surface area contributed by atoms with E-state index in [1.54, 1.807) is 48.6 Å². The van der Waals surface area contributed by atoms with E-state index in [1.807, 2.05) is 38.4 Å². The van der Waals surface area contributed by atoms with E-state index in [4.69, 9.17) is 74.8 Å². The number of nitrogens with one attached hydrogen (secondary N) is 4. The van der Waals surface area contributed by atoms with Crippen molar-refractivity contribution in [2.45, 2.75) is 29.6 Å². The van der Waals surface area contributed by atoms with Crippen LogP contribution in [0, 0.1) is 5.92 Å². The highest BCUT2D eigenvalue weighted by Crippen LogP contribution is 2.39. The second kappa shape index (κ2) is 36.0. The molecule has 0 saturated carbocycles. The number of halogens is 4. The third-order valence-corrected chi connectivity index (χ3v) is 15.2. The number of amides is 2. The van der Waals surface area contributed by atoms with Crippen molar-refractivity contribution < 1.29 is 65.1 Å². The van der Waals surface area contributed by atoms with Gasteiger partial charge in [0, 0.05) is 89.7 Å². The van der Waals surface area contributed by atoms with Gasteiger partial charge in [0.2, 0.25) is 20.0 Å². The minimum absolute atomic E-state index is 0.00902. The summed E-state index contributed by atoms with van der Waals surface area (Å²) in [6, 6.07) is 10.4. The van der Waals surface area contributed by atoms with Gasteiger partial charge in [0.1, 0.15) is 0 Å². The maximum atomic E-state index is 13.1. The molecule has 6 N–H and O–H groups in total. The predicted molar refractivity (Wildman–Crippen MR) is 302 cm³/mol. The van der Waals surface area contributed by atoms with Gasteiger partial charge in [-0.1, -0.05) is 89.4 Å². The number of carbonyl (C=O) groups excluding carboxylic acids is 2. The molecule has 434 valence electrons. The van der Waals surface area contributed by atoms with E-state index in [0.29, 0.717) is 46.3 Å². The molecule has 0 saturated heterocycles. The van der Waals surface area contributed by atoms with Crippen LogP contribution in [0.15, 0.2) is 111 Å². The number of aliphatic hydroxyl groups is 2. The molecule has 2 heterocycles. The van der Waals surface area contributed by atoms with Crippen molar-refractivity contribution in [3.63, 3.8) is 0 Å². The fourth-order valence-corrected chi connectivity index (χ4v) is 10.4. The van der Waals surface area contributed by atoms with Crippen molar-refractivity contribution in [3.05, 3.63) is 133 Å². The number of nitrogens with zero attached hydrogens (tertiary/aromatic N) is 2. The molecule has 0 bridgehead atoms. The highest BCUT2D eigenvalue weighted by atomic mass is 35.5. The molecular weight excluding hydrogens is 1140 g/mol. The van der Waals surface area contributed by atoms with Gasteiger partial charge in [0.05, 0.1) is 84.2 Å². The van der Waals surface area contributed by atoms with Crippen LogP contribution in [0.3, 0.4) is 0 Å². The fraction of sp³-hybridized carbons (Fsp3) is 0.500. The summed E-state index contributed by atoms with van der Waals surface area (Å²) in [6.45, 7) is 8.87. The average molecular weight is 1210 g/mol. The summed E-state index contributed by atoms with van der Waals surface area (Å²) >= 11 is 25.2. The molecule has 20 nitrogen and oxygen atoms in total. The number of ether oxygens (including phenoxy) is 6. The smallest absolute Gasteiger partial charge is 0.252 e. The van der Waals surface area contributed by atoms with E-state index >= 15 is 0 Å². The Hall–Kier alpha value is -3.60. The number of benzene rings is 2. The van der Waals surface area contributed by atoms with Crippen LogP contribution in [0.1, 0.15) is 22.6 Å². The van der Waals surface area contributed by atoms with Crippen molar-refractivity contribution in [1.29, 1.82) is 0 Å². The van der Waals surface area contributed by atoms with Gasteiger partial charge in [0.15, 0.2) is 12.2 Å². The molecule has 0 aliphatic carbocycles. The summed E-state index contributed by atoms with van der Waals surface area (Å²) in [5, 5.41) is 28.2. The zero-order chi connectivity index (χ0) is 56.9. The van der Waals surface area contributed by atoms with E-state index in [1.165, 1.54) is 6.08 Å². The summed E-state index contributed by atoms with van der Waals surface area (Å²) in [5.74, 6) is -2.10. The van der Waals surface area contributed by atoms with E-state index in [-0.39, 0.29) is 122 Å². The Bertz CT molecular complexity index is 2630. The minimum atomic E-state index is -3.82. The number of hydrogen-bond donors (Lipinski definition) is 6. The zero-order valence-corrected chi connectivity index (χ0v) is 48.4. The van der Waals surface area contributed by atoms with Crippen LogP contribution in [-0.2, 0) is 64.6 Å². The van der Waals surface area contributed by atoms with Gasteiger partial charge in [0.25, 0.3) is 11.8 Å². The lowest BCUT2D eigenvalue weighted by molar-refractivity contribution is -0.146. The van der Waals surface area contributed by atoms with E-state index in [9.17, 15) is 36.6 Å². The summed E-state index contributed by atoms with van der Waals surface area (Å²) in [4.78, 5) is 28.9. The first kappa shape index (κ1) is 66.9. The number of rotatable bonds is 35. The van der Waals surface area contributed by atoms with Gasteiger partial charge in [-0.15, -0.1) is 0 Å². The lowest BCUT2D eigenvalue weighted by Crippen LogP contribution is -2.50. The Morgan fingerprint density at radius 3 is 1.86 bits per heavy atom. The van der Waals surface area contributed by atoms with Crippen molar-refractivity contribution >= 4 is 78.3 Å². The third-order valence-electron chi connectivity index (χ3n) is 11.6. The second-order valence-electron chi connectivity index (χ2n) is 17.8. The Kier molecular flexibility index (Phi) is 30.9. The summed E-state index contributed by atoms with van der Waals surface area (Å²) in [5.41, 5.74) is 3.56. The molecule has 4 unspecified atom stereocenters. The Morgan fingerprint density at radius 1 is 0.718 bits per heavy atom. The van der Waals surface area contributed by atoms with Crippen molar-refractivity contribution in [1.82, 2.24) is 29.9 Å². The first-order valence-electron chi connectivity index (χ1n) is 25.0. The summed E-state index contributed by atoms with van der Waals surface area (Å²) in [7, 11) is -3.57. The molecule has 2 aliphatic rings. The zero-order valence-electron chi connectivity index (χ0n) is 43.8. The minimum Gasteiger partial charge on any atom is -0.380 e. The van der Waals surface area contributed by atoms with E-state index in [2.05, 4.69) is 36.5 Å². The largest absolute Gasteiger partial charge is 0.380 e. The molecule has 4 rings (SSSR count). The Balaban J connectivity index is 0.928. The van der Waals surface area contributed by atoms with Gasteiger partial charge in [-0.3, -0.25) is 9.59 Å². The van der Waals surface area contributed by atoms with Crippen molar-refractivity contribution in [2.75, 3.05) is 139 Å². The lowest BCUT2D eigenvalue weighted by atomic mass is 9.85. The van der Waals surface area contributed by atoms with Gasteiger partial charge < -0.3 is 59.1 Å². The first-order chi connectivity index (χ1) is 37.3. The third kappa shape index (κ3) is 25.5. The van der Waals surface area contributed by atoms with Crippen LogP contribution < -0.4 is 20.1 Å². The second-order valence-corrected chi connectivity index (χ2v) is 23.0. The Morgan fingerprint density at radius 2 is 1.27 bits per heavy atom.